The molecule has 0 aliphatic heterocycles. The third-order valence-corrected chi connectivity index (χ3v) is 2.96. The Morgan fingerprint density at radius 1 is 1.42 bits per heavy atom. The minimum absolute atomic E-state index is 0.0659. The van der Waals surface area contributed by atoms with Gasteiger partial charge in [0.05, 0.1) is 18.1 Å². The van der Waals surface area contributed by atoms with Crippen molar-refractivity contribution in [3.8, 4) is 5.75 Å². The molecule has 1 rings (SSSR count). The molecule has 0 saturated heterocycles. The van der Waals surface area contributed by atoms with Gasteiger partial charge in [-0.15, -0.1) is 0 Å². The molecular weight excluding hydrogens is 264 g/mol. The number of halogens is 1. The highest BCUT2D eigenvalue weighted by molar-refractivity contribution is 6.32. The molecule has 0 heterocycles. The number of amides is 1. The molecule has 0 fully saturated rings. The molecule has 0 bridgehead atoms. The number of benzene rings is 1. The summed E-state index contributed by atoms with van der Waals surface area (Å²) in [4.78, 5) is 13.4. The van der Waals surface area contributed by atoms with E-state index in [4.69, 9.17) is 16.3 Å². The number of hydrogen-bond acceptors (Lipinski definition) is 3. The Kier molecular flexibility index (Phi) is 7.30. The molecule has 4 nitrogen and oxygen atoms in total. The molecule has 0 saturated carbocycles. The van der Waals surface area contributed by atoms with E-state index < -0.39 is 0 Å². The first-order chi connectivity index (χ1) is 9.15. The SMILES string of the molecule is CCCNCC(=O)N(C)CCOc1ccccc1Cl. The van der Waals surface area contributed by atoms with E-state index in [1.54, 1.807) is 18.0 Å². The molecule has 1 aromatic rings. The Morgan fingerprint density at radius 3 is 2.84 bits per heavy atom. The highest BCUT2D eigenvalue weighted by atomic mass is 35.5. The Labute approximate surface area is 119 Å². The monoisotopic (exact) mass is 284 g/mol. The average molecular weight is 285 g/mol. The molecular formula is C14H21ClN2O2. The van der Waals surface area contributed by atoms with Gasteiger partial charge in [0.15, 0.2) is 0 Å². The van der Waals surface area contributed by atoms with Gasteiger partial charge < -0.3 is 15.0 Å². The molecule has 5 heteroatoms. The highest BCUT2D eigenvalue weighted by Crippen LogP contribution is 2.22. The first-order valence-electron chi connectivity index (χ1n) is 6.47. The number of nitrogens with zero attached hydrogens (tertiary/aromatic N) is 1. The van der Waals surface area contributed by atoms with Crippen molar-refractivity contribution in [3.63, 3.8) is 0 Å². The lowest BCUT2D eigenvalue weighted by Crippen LogP contribution is -2.37. The smallest absolute Gasteiger partial charge is 0.236 e. The van der Waals surface area contributed by atoms with E-state index >= 15 is 0 Å². The van der Waals surface area contributed by atoms with E-state index in [0.717, 1.165) is 13.0 Å². The largest absolute Gasteiger partial charge is 0.490 e. The summed E-state index contributed by atoms with van der Waals surface area (Å²) >= 11 is 5.97. The minimum Gasteiger partial charge on any atom is -0.490 e. The number of para-hydroxylation sites is 1. The second-order valence-corrected chi connectivity index (χ2v) is 4.68. The quantitative estimate of drug-likeness (QED) is 0.744. The van der Waals surface area contributed by atoms with Crippen LogP contribution < -0.4 is 10.1 Å². The fraction of sp³-hybridized carbons (Fsp3) is 0.500. The Balaban J connectivity index is 2.25. The van der Waals surface area contributed by atoms with E-state index in [1.807, 2.05) is 18.2 Å². The van der Waals surface area contributed by atoms with E-state index in [9.17, 15) is 4.79 Å². The molecule has 1 N–H and O–H groups in total. The first-order valence-corrected chi connectivity index (χ1v) is 6.85. The molecule has 19 heavy (non-hydrogen) atoms. The van der Waals surface area contributed by atoms with Crippen molar-refractivity contribution in [2.45, 2.75) is 13.3 Å². The maximum absolute atomic E-state index is 11.7. The van der Waals surface area contributed by atoms with Gasteiger partial charge in [-0.25, -0.2) is 0 Å². The summed E-state index contributed by atoms with van der Waals surface area (Å²) in [7, 11) is 1.77. The van der Waals surface area contributed by atoms with Crippen LogP contribution >= 0.6 is 11.6 Å². The van der Waals surface area contributed by atoms with Gasteiger partial charge in [0.2, 0.25) is 5.91 Å². The number of carbonyl (C=O) groups is 1. The van der Waals surface area contributed by atoms with Gasteiger partial charge in [0.1, 0.15) is 12.4 Å². The fourth-order valence-electron chi connectivity index (χ4n) is 1.49. The highest BCUT2D eigenvalue weighted by Gasteiger charge is 2.08. The molecule has 1 aromatic carbocycles. The lowest BCUT2D eigenvalue weighted by molar-refractivity contribution is -0.129. The molecule has 0 atom stereocenters. The van der Waals surface area contributed by atoms with Crippen LogP contribution in [0, 0.1) is 0 Å². The minimum atomic E-state index is 0.0659. The lowest BCUT2D eigenvalue weighted by Gasteiger charge is -2.18. The second kappa shape index (κ2) is 8.77. The lowest BCUT2D eigenvalue weighted by atomic mass is 10.3. The van der Waals surface area contributed by atoms with Crippen molar-refractivity contribution in [1.82, 2.24) is 10.2 Å². The van der Waals surface area contributed by atoms with Crippen LogP contribution in [0.3, 0.4) is 0 Å². The van der Waals surface area contributed by atoms with Crippen LogP contribution in [0.1, 0.15) is 13.3 Å². The van der Waals surface area contributed by atoms with E-state index in [0.29, 0.717) is 30.5 Å². The van der Waals surface area contributed by atoms with Crippen molar-refractivity contribution in [2.75, 3.05) is 33.3 Å². The predicted molar refractivity (Wildman–Crippen MR) is 77.7 cm³/mol. The zero-order valence-corrected chi connectivity index (χ0v) is 12.2. The van der Waals surface area contributed by atoms with E-state index in [1.165, 1.54) is 0 Å². The number of rotatable bonds is 8. The molecule has 0 unspecified atom stereocenters. The summed E-state index contributed by atoms with van der Waals surface area (Å²) in [6, 6.07) is 7.31. The Hall–Kier alpha value is -1.26. The third-order valence-electron chi connectivity index (χ3n) is 2.65. The summed E-state index contributed by atoms with van der Waals surface area (Å²) in [5, 5.41) is 3.66. The number of nitrogens with one attached hydrogen (secondary N) is 1. The zero-order valence-electron chi connectivity index (χ0n) is 11.5. The number of ether oxygens (including phenoxy) is 1. The molecule has 0 radical (unpaired) electrons. The van der Waals surface area contributed by atoms with Crippen LogP contribution in [0.4, 0.5) is 0 Å². The van der Waals surface area contributed by atoms with E-state index in [2.05, 4.69) is 12.2 Å². The van der Waals surface area contributed by atoms with Crippen molar-refractivity contribution in [2.24, 2.45) is 0 Å². The molecule has 0 aromatic heterocycles. The van der Waals surface area contributed by atoms with E-state index in [-0.39, 0.29) is 5.91 Å². The number of hydrogen-bond donors (Lipinski definition) is 1. The van der Waals surface area contributed by atoms with Gasteiger partial charge in [-0.1, -0.05) is 30.7 Å². The van der Waals surface area contributed by atoms with Gasteiger partial charge in [-0.2, -0.15) is 0 Å². The zero-order chi connectivity index (χ0) is 14.1. The van der Waals surface area contributed by atoms with Crippen molar-refractivity contribution in [3.05, 3.63) is 29.3 Å². The number of carbonyl (C=O) groups excluding carboxylic acids is 1. The van der Waals surface area contributed by atoms with Crippen LogP contribution in [0.25, 0.3) is 0 Å². The second-order valence-electron chi connectivity index (χ2n) is 4.27. The maximum atomic E-state index is 11.7. The van der Waals surface area contributed by atoms with Crippen LogP contribution in [0.5, 0.6) is 5.75 Å². The molecule has 0 spiro atoms. The van der Waals surface area contributed by atoms with Gasteiger partial charge in [-0.3, -0.25) is 4.79 Å². The molecule has 106 valence electrons. The summed E-state index contributed by atoms with van der Waals surface area (Å²) < 4.78 is 5.54. The normalized spacial score (nSPS) is 10.3. The predicted octanol–water partition coefficient (Wildman–Crippen LogP) is 2.18. The maximum Gasteiger partial charge on any atom is 0.236 e. The molecule has 0 aliphatic rings. The summed E-state index contributed by atoms with van der Waals surface area (Å²) in [6.07, 6.45) is 1.02. The van der Waals surface area contributed by atoms with Gasteiger partial charge >= 0.3 is 0 Å². The van der Waals surface area contributed by atoms with Crippen molar-refractivity contribution >= 4 is 17.5 Å². The Morgan fingerprint density at radius 2 is 2.16 bits per heavy atom. The van der Waals surface area contributed by atoms with Crippen molar-refractivity contribution < 1.29 is 9.53 Å². The van der Waals surface area contributed by atoms with Crippen LogP contribution in [0.2, 0.25) is 5.02 Å². The molecule has 1 amide bonds. The fourth-order valence-corrected chi connectivity index (χ4v) is 1.68. The third kappa shape index (κ3) is 5.94. The first kappa shape index (κ1) is 15.8. The van der Waals surface area contributed by atoms with Gasteiger partial charge in [0, 0.05) is 7.05 Å². The average Bonchev–Trinajstić information content (AvgIpc) is 2.41. The van der Waals surface area contributed by atoms with Crippen LogP contribution in [-0.2, 0) is 4.79 Å². The molecule has 0 aliphatic carbocycles. The topological polar surface area (TPSA) is 41.6 Å². The number of likely N-dealkylation sites (N-methyl/N-ethyl adjacent to an activating group) is 1. The van der Waals surface area contributed by atoms with Crippen LogP contribution in [0.15, 0.2) is 24.3 Å². The Bertz CT molecular complexity index is 399. The summed E-state index contributed by atoms with van der Waals surface area (Å²) in [6.45, 7) is 4.27. The van der Waals surface area contributed by atoms with Crippen LogP contribution in [-0.4, -0.2) is 44.1 Å². The standard InChI is InChI=1S/C14H21ClN2O2/c1-3-8-16-11-14(18)17(2)9-10-19-13-7-5-4-6-12(13)15/h4-7,16H,3,8-11H2,1-2H3. The summed E-state index contributed by atoms with van der Waals surface area (Å²) in [5.74, 6) is 0.713. The van der Waals surface area contributed by atoms with Gasteiger partial charge in [-0.05, 0) is 25.1 Å². The van der Waals surface area contributed by atoms with Crippen molar-refractivity contribution in [1.29, 1.82) is 0 Å². The van der Waals surface area contributed by atoms with Gasteiger partial charge in [0.25, 0.3) is 0 Å². The summed E-state index contributed by atoms with van der Waals surface area (Å²) in [5.41, 5.74) is 0.